The van der Waals surface area contributed by atoms with Gasteiger partial charge >= 0.3 is 0 Å². The molecule has 1 amide bonds. The summed E-state index contributed by atoms with van der Waals surface area (Å²) in [5.41, 5.74) is 1.21. The van der Waals surface area contributed by atoms with E-state index in [9.17, 15) is 4.79 Å². The van der Waals surface area contributed by atoms with Gasteiger partial charge in [-0.15, -0.1) is 0 Å². The molecule has 8 heteroatoms. The summed E-state index contributed by atoms with van der Waals surface area (Å²) in [6.45, 7) is 1.95. The quantitative estimate of drug-likeness (QED) is 0.602. The van der Waals surface area contributed by atoms with E-state index in [0.29, 0.717) is 30.6 Å². The van der Waals surface area contributed by atoms with Crippen LogP contribution in [0.5, 0.6) is 0 Å². The van der Waals surface area contributed by atoms with Gasteiger partial charge in [-0.1, -0.05) is 29.3 Å². The lowest BCUT2D eigenvalue weighted by atomic mass is 9.95. The highest BCUT2D eigenvalue weighted by atomic mass is 35.5. The van der Waals surface area contributed by atoms with Crippen molar-refractivity contribution < 1.29 is 4.79 Å². The number of amides is 1. The lowest BCUT2D eigenvalue weighted by Gasteiger charge is -2.32. The summed E-state index contributed by atoms with van der Waals surface area (Å²) in [6, 6.07) is 9.08. The number of hydrogen-bond acceptors (Lipinski definition) is 4. The third kappa shape index (κ3) is 4.03. The first-order valence-electron chi connectivity index (χ1n) is 9.14. The van der Waals surface area contributed by atoms with Crippen molar-refractivity contribution in [1.82, 2.24) is 24.4 Å². The summed E-state index contributed by atoms with van der Waals surface area (Å²) >= 11 is 12.0. The van der Waals surface area contributed by atoms with Crippen LogP contribution >= 0.6 is 23.2 Å². The van der Waals surface area contributed by atoms with Crippen LogP contribution in [0.1, 0.15) is 40.8 Å². The van der Waals surface area contributed by atoms with Gasteiger partial charge < -0.3 is 9.47 Å². The SMILES string of the molecule is O=C(c1nc(Cl)ccc1Cl)N1CCC(c2nccn2Cc2ccccn2)CC1. The summed E-state index contributed by atoms with van der Waals surface area (Å²) in [4.78, 5) is 27.6. The zero-order chi connectivity index (χ0) is 19.5. The molecule has 1 aliphatic rings. The number of halogens is 2. The summed E-state index contributed by atoms with van der Waals surface area (Å²) in [5.74, 6) is 1.16. The van der Waals surface area contributed by atoms with Crippen LogP contribution < -0.4 is 0 Å². The molecule has 28 heavy (non-hydrogen) atoms. The van der Waals surface area contributed by atoms with E-state index in [1.165, 1.54) is 0 Å². The Hall–Kier alpha value is -2.44. The highest BCUT2D eigenvalue weighted by Gasteiger charge is 2.28. The molecule has 3 aromatic rings. The number of carbonyl (C=O) groups is 1. The monoisotopic (exact) mass is 415 g/mol. The molecule has 0 spiro atoms. The number of nitrogens with zero attached hydrogens (tertiary/aromatic N) is 5. The molecule has 3 aromatic heterocycles. The summed E-state index contributed by atoms with van der Waals surface area (Å²) in [7, 11) is 0. The normalized spacial score (nSPS) is 15.0. The lowest BCUT2D eigenvalue weighted by Crippen LogP contribution is -2.39. The summed E-state index contributed by atoms with van der Waals surface area (Å²) in [6.07, 6.45) is 7.28. The Balaban J connectivity index is 1.43. The zero-order valence-electron chi connectivity index (χ0n) is 15.1. The summed E-state index contributed by atoms with van der Waals surface area (Å²) < 4.78 is 2.14. The van der Waals surface area contributed by atoms with Crippen LogP contribution in [-0.4, -0.2) is 43.4 Å². The highest BCUT2D eigenvalue weighted by molar-refractivity contribution is 6.34. The molecule has 0 aliphatic carbocycles. The lowest BCUT2D eigenvalue weighted by molar-refractivity contribution is 0.0704. The van der Waals surface area contributed by atoms with Gasteiger partial charge in [0.05, 0.1) is 17.3 Å². The van der Waals surface area contributed by atoms with Crippen LogP contribution in [-0.2, 0) is 6.54 Å². The van der Waals surface area contributed by atoms with E-state index in [1.54, 1.807) is 23.2 Å². The van der Waals surface area contributed by atoms with Crippen LogP contribution in [0.25, 0.3) is 0 Å². The van der Waals surface area contributed by atoms with Gasteiger partial charge in [0.15, 0.2) is 0 Å². The number of aromatic nitrogens is 4. The van der Waals surface area contributed by atoms with Crippen LogP contribution in [0.15, 0.2) is 48.9 Å². The predicted octanol–water partition coefficient (Wildman–Crippen LogP) is 4.05. The minimum Gasteiger partial charge on any atom is -0.337 e. The van der Waals surface area contributed by atoms with Crippen LogP contribution in [0.4, 0.5) is 0 Å². The molecule has 0 aromatic carbocycles. The van der Waals surface area contributed by atoms with E-state index in [4.69, 9.17) is 23.2 Å². The molecule has 0 bridgehead atoms. The van der Waals surface area contributed by atoms with Crippen LogP contribution in [0.2, 0.25) is 10.2 Å². The zero-order valence-corrected chi connectivity index (χ0v) is 16.6. The molecule has 144 valence electrons. The average molecular weight is 416 g/mol. The van der Waals surface area contributed by atoms with Gasteiger partial charge in [-0.25, -0.2) is 9.97 Å². The van der Waals surface area contributed by atoms with Crippen molar-refractivity contribution in [3.05, 3.63) is 76.3 Å². The van der Waals surface area contributed by atoms with Crippen molar-refractivity contribution >= 4 is 29.1 Å². The number of piperidine rings is 1. The van der Waals surface area contributed by atoms with Gasteiger partial charge in [0, 0.05) is 37.6 Å². The van der Waals surface area contributed by atoms with Crippen molar-refractivity contribution in [1.29, 1.82) is 0 Å². The fraction of sp³-hybridized carbons (Fsp3) is 0.300. The molecule has 1 aliphatic heterocycles. The Bertz CT molecular complexity index is 968. The highest BCUT2D eigenvalue weighted by Crippen LogP contribution is 2.29. The number of hydrogen-bond donors (Lipinski definition) is 0. The molecule has 1 saturated heterocycles. The topological polar surface area (TPSA) is 63.9 Å². The fourth-order valence-electron chi connectivity index (χ4n) is 3.54. The van der Waals surface area contributed by atoms with E-state index in [-0.39, 0.29) is 16.8 Å². The molecule has 0 unspecified atom stereocenters. The van der Waals surface area contributed by atoms with E-state index < -0.39 is 0 Å². The van der Waals surface area contributed by atoms with Crippen molar-refractivity contribution in [3.63, 3.8) is 0 Å². The summed E-state index contributed by atoms with van der Waals surface area (Å²) in [5, 5.41) is 0.585. The third-order valence-electron chi connectivity index (χ3n) is 4.97. The van der Waals surface area contributed by atoms with Gasteiger partial charge in [0.1, 0.15) is 16.7 Å². The fourth-order valence-corrected chi connectivity index (χ4v) is 3.87. The Kier molecular flexibility index (Phi) is 5.59. The van der Waals surface area contributed by atoms with Crippen molar-refractivity contribution in [2.45, 2.75) is 25.3 Å². The van der Waals surface area contributed by atoms with E-state index in [2.05, 4.69) is 19.5 Å². The third-order valence-corrected chi connectivity index (χ3v) is 5.48. The number of imidazole rings is 1. The molecule has 0 saturated carbocycles. The van der Waals surface area contributed by atoms with Gasteiger partial charge in [-0.05, 0) is 37.1 Å². The van der Waals surface area contributed by atoms with E-state index in [1.807, 2.05) is 30.6 Å². The molecule has 0 atom stereocenters. The first kappa shape index (κ1) is 18.9. The second-order valence-corrected chi connectivity index (χ2v) is 7.56. The maximum Gasteiger partial charge on any atom is 0.274 e. The molecule has 4 heterocycles. The predicted molar refractivity (Wildman–Crippen MR) is 108 cm³/mol. The Labute approximate surface area is 173 Å². The van der Waals surface area contributed by atoms with E-state index in [0.717, 1.165) is 24.4 Å². The van der Waals surface area contributed by atoms with Crippen molar-refractivity contribution in [2.75, 3.05) is 13.1 Å². The minimum absolute atomic E-state index is 0.178. The molecule has 1 fully saturated rings. The number of likely N-dealkylation sites (tertiary alicyclic amines) is 1. The van der Waals surface area contributed by atoms with Gasteiger partial charge in [0.25, 0.3) is 5.91 Å². The molecular formula is C20H19Cl2N5O. The number of rotatable bonds is 4. The Morgan fingerprint density at radius 1 is 1.07 bits per heavy atom. The molecular weight excluding hydrogens is 397 g/mol. The number of carbonyl (C=O) groups excluding carboxylic acids is 1. The first-order valence-corrected chi connectivity index (χ1v) is 9.89. The molecule has 0 radical (unpaired) electrons. The Morgan fingerprint density at radius 3 is 2.64 bits per heavy atom. The van der Waals surface area contributed by atoms with Gasteiger partial charge in [0.2, 0.25) is 0 Å². The molecule has 0 N–H and O–H groups in total. The molecule has 6 nitrogen and oxygen atoms in total. The van der Waals surface area contributed by atoms with Crippen LogP contribution in [0.3, 0.4) is 0 Å². The van der Waals surface area contributed by atoms with E-state index >= 15 is 0 Å². The molecule has 4 rings (SSSR count). The maximum atomic E-state index is 12.8. The van der Waals surface area contributed by atoms with Crippen molar-refractivity contribution in [2.24, 2.45) is 0 Å². The second-order valence-electron chi connectivity index (χ2n) is 6.77. The number of pyridine rings is 2. The average Bonchev–Trinajstić information content (AvgIpc) is 3.18. The smallest absolute Gasteiger partial charge is 0.274 e. The van der Waals surface area contributed by atoms with Gasteiger partial charge in [-0.2, -0.15) is 0 Å². The van der Waals surface area contributed by atoms with Gasteiger partial charge in [-0.3, -0.25) is 9.78 Å². The second kappa shape index (κ2) is 8.29. The van der Waals surface area contributed by atoms with Crippen molar-refractivity contribution in [3.8, 4) is 0 Å². The van der Waals surface area contributed by atoms with Crippen LogP contribution in [0, 0.1) is 0 Å². The first-order chi connectivity index (χ1) is 13.6. The maximum absolute atomic E-state index is 12.8. The largest absolute Gasteiger partial charge is 0.337 e. The Morgan fingerprint density at radius 2 is 1.89 bits per heavy atom. The standard InChI is InChI=1S/C20H19Cl2N5O/c21-16-4-5-17(22)25-18(16)20(28)26-10-6-14(7-11-26)19-24-9-12-27(19)13-15-3-1-2-8-23-15/h1-5,8-9,12,14H,6-7,10-11,13H2. The minimum atomic E-state index is -0.178.